The van der Waals surface area contributed by atoms with Crippen LogP contribution in [0.2, 0.25) is 0 Å². The summed E-state index contributed by atoms with van der Waals surface area (Å²) in [6.07, 6.45) is 2.14. The van der Waals surface area contributed by atoms with Gasteiger partial charge in [0, 0.05) is 19.6 Å². The zero-order valence-corrected chi connectivity index (χ0v) is 11.7. The molecule has 0 aliphatic rings. The van der Waals surface area contributed by atoms with Gasteiger partial charge in [-0.15, -0.1) is 0 Å². The summed E-state index contributed by atoms with van der Waals surface area (Å²) >= 11 is 0. The van der Waals surface area contributed by atoms with E-state index in [0.717, 1.165) is 23.7 Å². The fourth-order valence-electron chi connectivity index (χ4n) is 1.72. The Kier molecular flexibility index (Phi) is 4.75. The van der Waals surface area contributed by atoms with Gasteiger partial charge in [-0.05, 0) is 19.9 Å². The van der Waals surface area contributed by atoms with Gasteiger partial charge in [0.15, 0.2) is 0 Å². The van der Waals surface area contributed by atoms with Crippen LogP contribution in [0.4, 0.5) is 0 Å². The highest BCUT2D eigenvalue weighted by atomic mass is 16.5. The molecule has 1 aromatic rings. The molecule has 1 aromatic heterocycles. The van der Waals surface area contributed by atoms with E-state index in [2.05, 4.69) is 37.3 Å². The van der Waals surface area contributed by atoms with Crippen molar-refractivity contribution in [3.8, 4) is 5.88 Å². The van der Waals surface area contributed by atoms with Crippen molar-refractivity contribution in [3.63, 3.8) is 0 Å². The summed E-state index contributed by atoms with van der Waals surface area (Å²) in [6.45, 7) is 9.28. The van der Waals surface area contributed by atoms with Gasteiger partial charge in [-0.25, -0.2) is 4.68 Å². The largest absolute Gasteiger partial charge is 0.481 e. The number of aryl methyl sites for hydroxylation is 2. The SMILES string of the molecule is COc1c(/C=C(/C)CNC(C)C)c(C)nn1C. The molecule has 1 heterocycles. The molecule has 1 rings (SSSR count). The van der Waals surface area contributed by atoms with Crippen LogP contribution in [0.1, 0.15) is 32.0 Å². The minimum atomic E-state index is 0.496. The maximum atomic E-state index is 5.36. The Morgan fingerprint density at radius 3 is 2.71 bits per heavy atom. The lowest BCUT2D eigenvalue weighted by Gasteiger charge is -2.08. The lowest BCUT2D eigenvalue weighted by molar-refractivity contribution is 0.372. The zero-order valence-electron chi connectivity index (χ0n) is 11.7. The maximum Gasteiger partial charge on any atom is 0.218 e. The molecule has 0 unspecified atom stereocenters. The van der Waals surface area contributed by atoms with Gasteiger partial charge >= 0.3 is 0 Å². The smallest absolute Gasteiger partial charge is 0.218 e. The third kappa shape index (κ3) is 3.60. The normalized spacial score (nSPS) is 12.3. The van der Waals surface area contributed by atoms with Crippen LogP contribution in [0.25, 0.3) is 6.08 Å². The number of nitrogens with zero attached hydrogens (tertiary/aromatic N) is 2. The average Bonchev–Trinajstić information content (AvgIpc) is 2.50. The molecular formula is C13H23N3O. The fraction of sp³-hybridized carbons (Fsp3) is 0.615. The third-order valence-corrected chi connectivity index (χ3v) is 2.59. The number of hydrogen-bond acceptors (Lipinski definition) is 3. The van der Waals surface area contributed by atoms with E-state index in [1.165, 1.54) is 5.57 Å². The van der Waals surface area contributed by atoms with Crippen LogP contribution in [0.3, 0.4) is 0 Å². The number of methoxy groups -OCH3 is 1. The minimum absolute atomic E-state index is 0.496. The molecule has 0 atom stereocenters. The van der Waals surface area contributed by atoms with Gasteiger partial charge in [-0.2, -0.15) is 5.10 Å². The molecule has 17 heavy (non-hydrogen) atoms. The van der Waals surface area contributed by atoms with Gasteiger partial charge in [-0.1, -0.05) is 19.4 Å². The lowest BCUT2D eigenvalue weighted by Crippen LogP contribution is -2.24. The van der Waals surface area contributed by atoms with Gasteiger partial charge in [-0.3, -0.25) is 0 Å². The standard InChI is InChI=1S/C13H23N3O/c1-9(2)14-8-10(3)7-12-11(4)15-16(5)13(12)17-6/h7,9,14H,8H2,1-6H3/b10-7-. The van der Waals surface area contributed by atoms with Crippen molar-refractivity contribution in [2.75, 3.05) is 13.7 Å². The van der Waals surface area contributed by atoms with E-state index in [4.69, 9.17) is 4.74 Å². The van der Waals surface area contributed by atoms with Crippen LogP contribution in [0.5, 0.6) is 5.88 Å². The Labute approximate surface area is 104 Å². The Bertz CT molecular complexity index is 405. The van der Waals surface area contributed by atoms with Crippen molar-refractivity contribution in [2.45, 2.75) is 33.7 Å². The molecule has 0 aliphatic carbocycles. The van der Waals surface area contributed by atoms with Crippen LogP contribution >= 0.6 is 0 Å². The number of ether oxygens (including phenoxy) is 1. The van der Waals surface area contributed by atoms with E-state index in [0.29, 0.717) is 6.04 Å². The highest BCUT2D eigenvalue weighted by Gasteiger charge is 2.11. The minimum Gasteiger partial charge on any atom is -0.481 e. The molecule has 0 fully saturated rings. The predicted molar refractivity (Wildman–Crippen MR) is 71.3 cm³/mol. The second-order valence-corrected chi connectivity index (χ2v) is 4.66. The quantitative estimate of drug-likeness (QED) is 0.852. The van der Waals surface area contributed by atoms with Crippen molar-refractivity contribution >= 4 is 6.08 Å². The number of nitrogens with one attached hydrogen (secondary N) is 1. The zero-order chi connectivity index (χ0) is 13.0. The molecule has 0 bridgehead atoms. The van der Waals surface area contributed by atoms with E-state index >= 15 is 0 Å². The van der Waals surface area contributed by atoms with Crippen LogP contribution in [0, 0.1) is 6.92 Å². The molecule has 0 amide bonds. The van der Waals surface area contributed by atoms with Crippen molar-refractivity contribution in [1.82, 2.24) is 15.1 Å². The Balaban J connectivity index is 2.89. The molecular weight excluding hydrogens is 214 g/mol. The van der Waals surface area contributed by atoms with Gasteiger partial charge < -0.3 is 10.1 Å². The summed E-state index contributed by atoms with van der Waals surface area (Å²) in [5.41, 5.74) is 3.33. The number of hydrogen-bond donors (Lipinski definition) is 1. The maximum absolute atomic E-state index is 5.36. The Morgan fingerprint density at radius 2 is 2.18 bits per heavy atom. The summed E-state index contributed by atoms with van der Waals surface area (Å²) in [7, 11) is 3.57. The first-order valence-corrected chi connectivity index (χ1v) is 5.93. The molecule has 4 nitrogen and oxygen atoms in total. The summed E-state index contributed by atoms with van der Waals surface area (Å²) in [4.78, 5) is 0. The number of rotatable bonds is 5. The predicted octanol–water partition coefficient (Wildman–Crippen LogP) is 2.14. The van der Waals surface area contributed by atoms with E-state index in [1.807, 2.05) is 14.0 Å². The summed E-state index contributed by atoms with van der Waals surface area (Å²) in [5, 5.41) is 7.75. The third-order valence-electron chi connectivity index (χ3n) is 2.59. The summed E-state index contributed by atoms with van der Waals surface area (Å²) < 4.78 is 7.13. The van der Waals surface area contributed by atoms with Gasteiger partial charge in [0.05, 0.1) is 18.4 Å². The van der Waals surface area contributed by atoms with Crippen molar-refractivity contribution < 1.29 is 4.74 Å². The van der Waals surface area contributed by atoms with Gasteiger partial charge in [0.2, 0.25) is 5.88 Å². The second-order valence-electron chi connectivity index (χ2n) is 4.66. The lowest BCUT2D eigenvalue weighted by atomic mass is 10.1. The summed E-state index contributed by atoms with van der Waals surface area (Å²) in [6, 6.07) is 0.496. The van der Waals surface area contributed by atoms with E-state index in [1.54, 1.807) is 11.8 Å². The van der Waals surface area contributed by atoms with Crippen molar-refractivity contribution in [1.29, 1.82) is 0 Å². The molecule has 96 valence electrons. The van der Waals surface area contributed by atoms with Gasteiger partial charge in [0.25, 0.3) is 0 Å². The Hall–Kier alpha value is -1.29. The Morgan fingerprint density at radius 1 is 1.53 bits per heavy atom. The van der Waals surface area contributed by atoms with Crippen molar-refractivity contribution in [3.05, 3.63) is 16.8 Å². The van der Waals surface area contributed by atoms with Crippen LogP contribution in [0.15, 0.2) is 5.57 Å². The summed E-state index contributed by atoms with van der Waals surface area (Å²) in [5.74, 6) is 0.811. The highest BCUT2D eigenvalue weighted by Crippen LogP contribution is 2.23. The molecule has 0 spiro atoms. The van der Waals surface area contributed by atoms with E-state index in [9.17, 15) is 0 Å². The molecule has 0 saturated heterocycles. The first kappa shape index (κ1) is 13.8. The van der Waals surface area contributed by atoms with Gasteiger partial charge in [0.1, 0.15) is 0 Å². The van der Waals surface area contributed by atoms with Crippen molar-refractivity contribution in [2.24, 2.45) is 7.05 Å². The second kappa shape index (κ2) is 5.87. The van der Waals surface area contributed by atoms with Crippen LogP contribution < -0.4 is 10.1 Å². The van der Waals surface area contributed by atoms with Crippen LogP contribution in [-0.4, -0.2) is 29.5 Å². The first-order valence-electron chi connectivity index (χ1n) is 5.93. The molecule has 0 saturated carbocycles. The molecule has 4 heteroatoms. The average molecular weight is 237 g/mol. The highest BCUT2D eigenvalue weighted by molar-refractivity contribution is 5.60. The topological polar surface area (TPSA) is 39.1 Å². The number of aromatic nitrogens is 2. The molecule has 1 N–H and O–H groups in total. The van der Waals surface area contributed by atoms with Crippen LogP contribution in [-0.2, 0) is 7.05 Å². The molecule has 0 aromatic carbocycles. The monoisotopic (exact) mass is 237 g/mol. The first-order chi connectivity index (χ1) is 7.95. The molecule has 0 radical (unpaired) electrons. The fourth-order valence-corrected chi connectivity index (χ4v) is 1.72. The van der Waals surface area contributed by atoms with E-state index in [-0.39, 0.29) is 0 Å². The molecule has 0 aliphatic heterocycles. The van der Waals surface area contributed by atoms with E-state index < -0.39 is 0 Å².